The van der Waals surface area contributed by atoms with Crippen LogP contribution in [0.25, 0.3) is 0 Å². The van der Waals surface area contributed by atoms with E-state index in [-0.39, 0.29) is 0 Å². The van der Waals surface area contributed by atoms with E-state index in [1.807, 2.05) is 0 Å². The van der Waals surface area contributed by atoms with Gasteiger partial charge in [-0.1, -0.05) is 0 Å². The monoisotopic (exact) mass is 627 g/mol. The standard InChI is InChI=1S/C24H41N3O16/c1-7(31)25-13-18(36)16(34)10(4-28)40-23(13)42-20-12(6-30)41-24(14(19(20)37)26-8(2)32)43-21-15(27-9(3)33)22(38)39-11(5-29)17(21)35/h10-24,28-30,34-38H,4-6H2,1-3H3,(H,25,31)(H,26,32)(H,27,33)/t10-,11-,12-,13-,14-,15-,16+,17-,18-,19-,20+,21-,22+,23-,24-/m1/s1. The fourth-order valence-corrected chi connectivity index (χ4v) is 5.27. The lowest BCUT2D eigenvalue weighted by Gasteiger charge is -2.50. The van der Waals surface area contributed by atoms with Crippen molar-refractivity contribution in [1.29, 1.82) is 0 Å². The van der Waals surface area contributed by atoms with Gasteiger partial charge in [-0.15, -0.1) is 0 Å². The van der Waals surface area contributed by atoms with E-state index >= 15 is 0 Å². The molecule has 3 fully saturated rings. The minimum Gasteiger partial charge on any atom is -0.394 e. The van der Waals surface area contributed by atoms with Gasteiger partial charge in [0.25, 0.3) is 0 Å². The first-order valence-electron chi connectivity index (χ1n) is 13.5. The number of nitrogens with one attached hydrogen (secondary N) is 3. The SMILES string of the molecule is CC(=O)N[C@@H]1[C@@H](O[C@H]2O[C@H](CO)[C@H](O[C@H]3O[C@H](CO)[C@H](O)[C@H](O)[C@H]3NC(C)=O)[C@H](O)[C@H]2NC(C)=O)[C@H](O)[C@@H](CO)O[C@@H]1O. The highest BCUT2D eigenvalue weighted by atomic mass is 16.7. The van der Waals surface area contributed by atoms with Crippen molar-refractivity contribution >= 4 is 17.7 Å². The van der Waals surface area contributed by atoms with E-state index in [0.29, 0.717) is 0 Å². The van der Waals surface area contributed by atoms with Crippen molar-refractivity contribution in [2.75, 3.05) is 19.8 Å². The molecule has 3 amide bonds. The largest absolute Gasteiger partial charge is 0.394 e. The lowest BCUT2D eigenvalue weighted by Crippen LogP contribution is -2.71. The zero-order valence-electron chi connectivity index (χ0n) is 23.6. The predicted octanol–water partition coefficient (Wildman–Crippen LogP) is -7.14. The maximum Gasteiger partial charge on any atom is 0.217 e. The van der Waals surface area contributed by atoms with Gasteiger partial charge in [-0.05, 0) is 0 Å². The Bertz CT molecular complexity index is 962. The summed E-state index contributed by atoms with van der Waals surface area (Å²) in [4.78, 5) is 35.7. The van der Waals surface area contributed by atoms with Crippen molar-refractivity contribution in [1.82, 2.24) is 16.0 Å². The average Bonchev–Trinajstić information content (AvgIpc) is 2.94. The third kappa shape index (κ3) is 8.14. The van der Waals surface area contributed by atoms with Crippen molar-refractivity contribution in [3.63, 3.8) is 0 Å². The van der Waals surface area contributed by atoms with E-state index in [1.165, 1.54) is 0 Å². The molecule has 0 radical (unpaired) electrons. The van der Waals surface area contributed by atoms with Gasteiger partial charge < -0.3 is 80.5 Å². The van der Waals surface area contributed by atoms with E-state index in [2.05, 4.69) is 16.0 Å². The summed E-state index contributed by atoms with van der Waals surface area (Å²) in [5.41, 5.74) is 0. The molecule has 15 atom stereocenters. The predicted molar refractivity (Wildman–Crippen MR) is 136 cm³/mol. The fraction of sp³-hybridized carbons (Fsp3) is 0.875. The smallest absolute Gasteiger partial charge is 0.217 e. The van der Waals surface area contributed by atoms with Crippen LogP contribution in [0, 0.1) is 0 Å². The van der Waals surface area contributed by atoms with Crippen LogP contribution in [0.2, 0.25) is 0 Å². The van der Waals surface area contributed by atoms with Crippen LogP contribution in [-0.2, 0) is 38.1 Å². The van der Waals surface area contributed by atoms with Gasteiger partial charge in [0.2, 0.25) is 17.7 Å². The van der Waals surface area contributed by atoms with E-state index in [9.17, 15) is 55.2 Å². The molecule has 0 aromatic rings. The number of aliphatic hydroxyl groups is 8. The molecule has 0 spiro atoms. The summed E-state index contributed by atoms with van der Waals surface area (Å²) >= 11 is 0. The van der Waals surface area contributed by atoms with Crippen LogP contribution >= 0.6 is 0 Å². The summed E-state index contributed by atoms with van der Waals surface area (Å²) in [6.07, 6.45) is -19.1. The highest BCUT2D eigenvalue weighted by Crippen LogP contribution is 2.32. The van der Waals surface area contributed by atoms with Crippen LogP contribution in [0.5, 0.6) is 0 Å². The number of hydrogen-bond donors (Lipinski definition) is 11. The Kier molecular flexibility index (Phi) is 12.5. The number of amides is 3. The Labute approximate surface area is 245 Å². The quantitative estimate of drug-likeness (QED) is 0.107. The van der Waals surface area contributed by atoms with E-state index in [4.69, 9.17) is 23.7 Å². The molecule has 3 heterocycles. The number of carbonyl (C=O) groups excluding carboxylic acids is 3. The summed E-state index contributed by atoms with van der Waals surface area (Å²) < 4.78 is 28.2. The molecule has 19 heteroatoms. The molecule has 11 N–H and O–H groups in total. The summed E-state index contributed by atoms with van der Waals surface area (Å²) in [7, 11) is 0. The van der Waals surface area contributed by atoms with Crippen LogP contribution in [0.3, 0.4) is 0 Å². The lowest BCUT2D eigenvalue weighted by molar-refractivity contribution is -0.349. The van der Waals surface area contributed by atoms with Gasteiger partial charge in [0.05, 0.1) is 19.8 Å². The Morgan fingerprint density at radius 2 is 0.977 bits per heavy atom. The summed E-state index contributed by atoms with van der Waals surface area (Å²) in [5, 5.41) is 90.0. The van der Waals surface area contributed by atoms with Gasteiger partial charge >= 0.3 is 0 Å². The van der Waals surface area contributed by atoms with Gasteiger partial charge in [0.1, 0.15) is 73.1 Å². The minimum atomic E-state index is -1.78. The summed E-state index contributed by atoms with van der Waals surface area (Å²) in [6.45, 7) is 0.996. The third-order valence-electron chi connectivity index (χ3n) is 7.30. The molecule has 0 aliphatic carbocycles. The maximum atomic E-state index is 12.1. The van der Waals surface area contributed by atoms with Gasteiger partial charge in [-0.25, -0.2) is 0 Å². The van der Waals surface area contributed by atoms with Crippen molar-refractivity contribution in [3.05, 3.63) is 0 Å². The zero-order chi connectivity index (χ0) is 32.2. The first-order chi connectivity index (χ1) is 20.2. The highest BCUT2D eigenvalue weighted by Gasteiger charge is 2.54. The molecular weight excluding hydrogens is 586 g/mol. The molecule has 3 saturated heterocycles. The number of carbonyl (C=O) groups is 3. The number of rotatable bonds is 10. The number of aliphatic hydroxyl groups excluding tert-OH is 8. The first-order valence-corrected chi connectivity index (χ1v) is 13.5. The summed E-state index contributed by atoms with van der Waals surface area (Å²) in [6, 6.07) is -4.33. The fourth-order valence-electron chi connectivity index (χ4n) is 5.27. The molecule has 3 rings (SSSR count). The Balaban J connectivity index is 1.92. The average molecular weight is 628 g/mol. The Morgan fingerprint density at radius 1 is 0.558 bits per heavy atom. The zero-order valence-corrected chi connectivity index (χ0v) is 23.6. The van der Waals surface area contributed by atoms with Crippen molar-refractivity contribution in [3.8, 4) is 0 Å². The molecule has 0 aromatic carbocycles. The van der Waals surface area contributed by atoms with Crippen LogP contribution in [-0.4, -0.2) is 170 Å². The van der Waals surface area contributed by atoms with Crippen molar-refractivity contribution in [2.24, 2.45) is 0 Å². The Morgan fingerprint density at radius 3 is 1.47 bits per heavy atom. The van der Waals surface area contributed by atoms with Gasteiger partial charge in [0.15, 0.2) is 18.9 Å². The van der Waals surface area contributed by atoms with E-state index in [0.717, 1.165) is 20.8 Å². The summed E-state index contributed by atoms with van der Waals surface area (Å²) in [5.74, 6) is -1.98. The highest BCUT2D eigenvalue weighted by molar-refractivity contribution is 5.74. The molecule has 0 aromatic heterocycles. The molecule has 0 bridgehead atoms. The number of ether oxygens (including phenoxy) is 5. The van der Waals surface area contributed by atoms with E-state index in [1.54, 1.807) is 0 Å². The van der Waals surface area contributed by atoms with Gasteiger partial charge in [-0.2, -0.15) is 0 Å². The van der Waals surface area contributed by atoms with E-state index < -0.39 is 129 Å². The van der Waals surface area contributed by atoms with Crippen LogP contribution in [0.4, 0.5) is 0 Å². The molecular formula is C24H41N3O16. The second kappa shape index (κ2) is 15.3. The third-order valence-corrected chi connectivity index (χ3v) is 7.30. The molecule has 3 aliphatic rings. The van der Waals surface area contributed by atoms with Crippen LogP contribution in [0.15, 0.2) is 0 Å². The second-order valence-electron chi connectivity index (χ2n) is 10.5. The van der Waals surface area contributed by atoms with Crippen molar-refractivity contribution in [2.45, 2.75) is 113 Å². The molecule has 19 nitrogen and oxygen atoms in total. The molecule has 0 unspecified atom stereocenters. The van der Waals surface area contributed by atoms with Crippen LogP contribution in [0.1, 0.15) is 20.8 Å². The molecule has 0 saturated carbocycles. The topological polar surface area (TPSA) is 295 Å². The van der Waals surface area contributed by atoms with Gasteiger partial charge in [-0.3, -0.25) is 14.4 Å². The lowest BCUT2D eigenvalue weighted by atomic mass is 9.93. The van der Waals surface area contributed by atoms with Crippen LogP contribution < -0.4 is 16.0 Å². The van der Waals surface area contributed by atoms with Gasteiger partial charge in [0, 0.05) is 20.8 Å². The van der Waals surface area contributed by atoms with Crippen molar-refractivity contribution < 1.29 is 78.9 Å². The maximum absolute atomic E-state index is 12.1. The first kappa shape index (κ1) is 35.4. The second-order valence-corrected chi connectivity index (χ2v) is 10.5. The Hall–Kier alpha value is -2.11. The normalized spacial score (nSPS) is 43.5. The molecule has 248 valence electrons. The minimum absolute atomic E-state index is 0.643. The number of hydrogen-bond acceptors (Lipinski definition) is 16. The molecule has 3 aliphatic heterocycles. The molecule has 43 heavy (non-hydrogen) atoms.